The van der Waals surface area contributed by atoms with E-state index in [1.165, 1.54) is 44.9 Å². The lowest BCUT2D eigenvalue weighted by Gasteiger charge is -2.14. The molecule has 2 fully saturated rings. The average molecular weight is 240 g/mol. The Hall–Kier alpha value is -0.730. The standard InChI is InChI=1S/C14H24O3/c15-14-16-12-10-8-6-4-2-1-3-5-7-9-11-13(12)17-14/h12-13H,1-11H2/t12-,13+. The number of rotatable bonds is 0. The Morgan fingerprint density at radius 3 is 1.41 bits per heavy atom. The third-order valence-electron chi connectivity index (χ3n) is 3.89. The quantitative estimate of drug-likeness (QED) is 0.595. The van der Waals surface area contributed by atoms with Crippen LogP contribution < -0.4 is 0 Å². The van der Waals surface area contributed by atoms with Gasteiger partial charge in [-0.2, -0.15) is 0 Å². The molecule has 2 aliphatic rings. The predicted molar refractivity (Wildman–Crippen MR) is 65.9 cm³/mol. The van der Waals surface area contributed by atoms with E-state index in [2.05, 4.69) is 0 Å². The van der Waals surface area contributed by atoms with Crippen molar-refractivity contribution in [2.75, 3.05) is 0 Å². The molecule has 1 aliphatic carbocycles. The van der Waals surface area contributed by atoms with E-state index in [0.29, 0.717) is 0 Å². The van der Waals surface area contributed by atoms with Gasteiger partial charge in [0.25, 0.3) is 0 Å². The second kappa shape index (κ2) is 6.87. The zero-order chi connectivity index (χ0) is 11.9. The Bertz CT molecular complexity index is 218. The summed E-state index contributed by atoms with van der Waals surface area (Å²) in [5, 5.41) is 0. The van der Waals surface area contributed by atoms with E-state index in [1.54, 1.807) is 0 Å². The van der Waals surface area contributed by atoms with Crippen LogP contribution in [0, 0.1) is 0 Å². The number of carbonyl (C=O) groups is 1. The molecule has 3 heteroatoms. The average Bonchev–Trinajstić information content (AvgIpc) is 2.66. The highest BCUT2D eigenvalue weighted by Gasteiger charge is 2.35. The molecule has 1 saturated carbocycles. The van der Waals surface area contributed by atoms with E-state index in [-0.39, 0.29) is 12.2 Å². The van der Waals surface area contributed by atoms with Gasteiger partial charge < -0.3 is 9.47 Å². The lowest BCUT2D eigenvalue weighted by molar-refractivity contribution is 0.114. The van der Waals surface area contributed by atoms with Gasteiger partial charge in [-0.1, -0.05) is 44.9 Å². The fraction of sp³-hybridized carbons (Fsp3) is 0.929. The number of hydrogen-bond donors (Lipinski definition) is 0. The van der Waals surface area contributed by atoms with E-state index in [1.807, 2.05) is 0 Å². The second-order valence-electron chi connectivity index (χ2n) is 5.32. The minimum atomic E-state index is -0.452. The van der Waals surface area contributed by atoms with Gasteiger partial charge in [0, 0.05) is 0 Å². The van der Waals surface area contributed by atoms with Crippen molar-refractivity contribution in [2.24, 2.45) is 0 Å². The number of fused-ring (bicyclic) bond motifs is 1. The van der Waals surface area contributed by atoms with Crippen LogP contribution in [0.3, 0.4) is 0 Å². The van der Waals surface area contributed by atoms with Gasteiger partial charge in [0.15, 0.2) is 0 Å². The first-order valence-electron chi connectivity index (χ1n) is 7.23. The first-order valence-corrected chi connectivity index (χ1v) is 7.23. The van der Waals surface area contributed by atoms with E-state index >= 15 is 0 Å². The highest BCUT2D eigenvalue weighted by Crippen LogP contribution is 2.26. The van der Waals surface area contributed by atoms with Crippen LogP contribution in [0.5, 0.6) is 0 Å². The normalized spacial score (nSPS) is 32.4. The minimum absolute atomic E-state index is 0.0308. The van der Waals surface area contributed by atoms with Gasteiger partial charge in [0.2, 0.25) is 0 Å². The molecule has 2 atom stereocenters. The highest BCUT2D eigenvalue weighted by molar-refractivity contribution is 5.62. The monoisotopic (exact) mass is 240 g/mol. The molecule has 1 aliphatic heterocycles. The number of ether oxygens (including phenoxy) is 2. The van der Waals surface area contributed by atoms with Crippen molar-refractivity contribution < 1.29 is 14.3 Å². The van der Waals surface area contributed by atoms with Gasteiger partial charge in [-0.05, 0) is 25.7 Å². The van der Waals surface area contributed by atoms with Crippen molar-refractivity contribution >= 4 is 6.16 Å². The third kappa shape index (κ3) is 4.21. The minimum Gasteiger partial charge on any atom is -0.427 e. The molecule has 0 unspecified atom stereocenters. The van der Waals surface area contributed by atoms with Gasteiger partial charge in [-0.3, -0.25) is 0 Å². The lowest BCUT2D eigenvalue weighted by Crippen LogP contribution is -2.22. The van der Waals surface area contributed by atoms with Crippen molar-refractivity contribution in [1.82, 2.24) is 0 Å². The molecule has 0 aromatic rings. The van der Waals surface area contributed by atoms with Gasteiger partial charge in [0.1, 0.15) is 12.2 Å². The molecule has 1 saturated heterocycles. The summed E-state index contributed by atoms with van der Waals surface area (Å²) < 4.78 is 10.5. The van der Waals surface area contributed by atoms with Crippen molar-refractivity contribution in [3.8, 4) is 0 Å². The topological polar surface area (TPSA) is 35.5 Å². The van der Waals surface area contributed by atoms with E-state index in [0.717, 1.165) is 25.7 Å². The fourth-order valence-corrected chi connectivity index (χ4v) is 2.84. The van der Waals surface area contributed by atoms with Crippen molar-refractivity contribution in [2.45, 2.75) is 82.8 Å². The zero-order valence-corrected chi connectivity index (χ0v) is 10.7. The van der Waals surface area contributed by atoms with E-state index in [9.17, 15) is 4.79 Å². The third-order valence-corrected chi connectivity index (χ3v) is 3.89. The fourth-order valence-electron chi connectivity index (χ4n) is 2.84. The van der Waals surface area contributed by atoms with E-state index < -0.39 is 6.16 Å². The first kappa shape index (κ1) is 12.7. The number of hydrogen-bond acceptors (Lipinski definition) is 3. The molecule has 98 valence electrons. The van der Waals surface area contributed by atoms with Crippen LogP contribution in [-0.4, -0.2) is 18.4 Å². The lowest BCUT2D eigenvalue weighted by atomic mass is 10.0. The summed E-state index contributed by atoms with van der Waals surface area (Å²) >= 11 is 0. The van der Waals surface area contributed by atoms with E-state index in [4.69, 9.17) is 9.47 Å². The van der Waals surface area contributed by atoms with Crippen LogP contribution in [0.1, 0.15) is 70.6 Å². The molecular formula is C14H24O3. The Kier molecular flexibility index (Phi) is 5.14. The maximum Gasteiger partial charge on any atom is 0.509 e. The largest absolute Gasteiger partial charge is 0.509 e. The van der Waals surface area contributed by atoms with Crippen LogP contribution >= 0.6 is 0 Å². The molecule has 3 nitrogen and oxygen atoms in total. The summed E-state index contributed by atoms with van der Waals surface area (Å²) in [7, 11) is 0. The summed E-state index contributed by atoms with van der Waals surface area (Å²) in [4.78, 5) is 11.2. The summed E-state index contributed by atoms with van der Waals surface area (Å²) in [6, 6.07) is 0. The summed E-state index contributed by atoms with van der Waals surface area (Å²) in [6.45, 7) is 0. The molecule has 0 amide bonds. The Balaban J connectivity index is 1.81. The maximum atomic E-state index is 11.2. The van der Waals surface area contributed by atoms with Crippen LogP contribution in [0.15, 0.2) is 0 Å². The summed E-state index contributed by atoms with van der Waals surface area (Å²) in [6.07, 6.45) is 13.2. The van der Waals surface area contributed by atoms with Gasteiger partial charge >= 0.3 is 6.16 Å². The number of carbonyl (C=O) groups excluding carboxylic acids is 1. The first-order chi connectivity index (χ1) is 8.36. The second-order valence-corrected chi connectivity index (χ2v) is 5.32. The van der Waals surface area contributed by atoms with Gasteiger partial charge in [-0.25, -0.2) is 4.79 Å². The summed E-state index contributed by atoms with van der Waals surface area (Å²) in [5.74, 6) is 0. The van der Waals surface area contributed by atoms with Crippen molar-refractivity contribution in [3.63, 3.8) is 0 Å². The molecule has 2 rings (SSSR count). The molecule has 0 aromatic heterocycles. The Morgan fingerprint density at radius 2 is 1.00 bits per heavy atom. The van der Waals surface area contributed by atoms with Gasteiger partial charge in [-0.15, -0.1) is 0 Å². The SMILES string of the molecule is O=C1O[C@H]2CCCCCCCCCCC[C@H]2O1. The molecule has 17 heavy (non-hydrogen) atoms. The maximum absolute atomic E-state index is 11.2. The predicted octanol–water partition coefficient (Wildman–Crippen LogP) is 4.20. The van der Waals surface area contributed by atoms with Crippen molar-refractivity contribution in [3.05, 3.63) is 0 Å². The van der Waals surface area contributed by atoms with Crippen molar-refractivity contribution in [1.29, 1.82) is 0 Å². The highest BCUT2D eigenvalue weighted by atomic mass is 16.8. The van der Waals surface area contributed by atoms with Crippen LogP contribution in [0.25, 0.3) is 0 Å². The summed E-state index contributed by atoms with van der Waals surface area (Å²) in [5.41, 5.74) is 0. The Labute approximate surface area is 104 Å². The zero-order valence-electron chi connectivity index (χ0n) is 10.7. The molecular weight excluding hydrogens is 216 g/mol. The van der Waals surface area contributed by atoms with Crippen LogP contribution in [-0.2, 0) is 9.47 Å². The molecule has 0 radical (unpaired) electrons. The molecule has 0 bridgehead atoms. The van der Waals surface area contributed by atoms with Crippen LogP contribution in [0.2, 0.25) is 0 Å². The van der Waals surface area contributed by atoms with Crippen LogP contribution in [0.4, 0.5) is 4.79 Å². The molecule has 0 spiro atoms. The molecule has 0 aromatic carbocycles. The smallest absolute Gasteiger partial charge is 0.427 e. The Morgan fingerprint density at radius 1 is 0.647 bits per heavy atom. The molecule has 0 N–H and O–H groups in total. The van der Waals surface area contributed by atoms with Gasteiger partial charge in [0.05, 0.1) is 0 Å². The molecule has 1 heterocycles.